The molecule has 25 heavy (non-hydrogen) atoms. The standard InChI is InChI=1S/C18H24N4O2S/c1-24-13-5-8-19-17(23)16-14-25-18(20-16)22-11-9-21(10-12-22)15-6-3-2-4-7-15/h2-4,6-7,14H,5,8-13H2,1H3,(H,19,23). The molecule has 0 spiro atoms. The number of aromatic nitrogens is 1. The number of hydrogen-bond acceptors (Lipinski definition) is 6. The molecule has 3 rings (SSSR count). The highest BCUT2D eigenvalue weighted by Crippen LogP contribution is 2.23. The number of para-hydroxylation sites is 1. The second kappa shape index (κ2) is 8.82. The Morgan fingerprint density at radius 3 is 2.64 bits per heavy atom. The molecule has 6 nitrogen and oxygen atoms in total. The van der Waals surface area contributed by atoms with Crippen LogP contribution in [0.5, 0.6) is 0 Å². The number of piperazine rings is 1. The zero-order valence-corrected chi connectivity index (χ0v) is 15.3. The van der Waals surface area contributed by atoms with Crippen molar-refractivity contribution in [2.75, 3.05) is 56.2 Å². The number of ether oxygens (including phenoxy) is 1. The van der Waals surface area contributed by atoms with E-state index >= 15 is 0 Å². The minimum absolute atomic E-state index is 0.110. The van der Waals surface area contributed by atoms with Crippen LogP contribution in [-0.2, 0) is 4.74 Å². The molecule has 7 heteroatoms. The SMILES string of the molecule is COCCCNC(=O)c1csc(N2CCN(c3ccccc3)CC2)n1. The van der Waals surface area contributed by atoms with E-state index in [2.05, 4.69) is 44.4 Å². The molecule has 2 heterocycles. The highest BCUT2D eigenvalue weighted by atomic mass is 32.1. The van der Waals surface area contributed by atoms with Gasteiger partial charge < -0.3 is 19.9 Å². The van der Waals surface area contributed by atoms with Crippen molar-refractivity contribution in [3.8, 4) is 0 Å². The van der Waals surface area contributed by atoms with Crippen LogP contribution in [0.15, 0.2) is 35.7 Å². The van der Waals surface area contributed by atoms with Crippen molar-refractivity contribution in [1.29, 1.82) is 0 Å². The van der Waals surface area contributed by atoms with E-state index in [1.807, 2.05) is 11.4 Å². The molecule has 1 aliphatic heterocycles. The number of anilines is 2. The summed E-state index contributed by atoms with van der Waals surface area (Å²) in [5, 5.41) is 5.64. The number of thiazole rings is 1. The average Bonchev–Trinajstić information content (AvgIpc) is 3.16. The molecule has 1 fully saturated rings. The van der Waals surface area contributed by atoms with Crippen molar-refractivity contribution >= 4 is 28.1 Å². The second-order valence-electron chi connectivity index (χ2n) is 5.93. The molecule has 0 radical (unpaired) electrons. The van der Waals surface area contributed by atoms with Gasteiger partial charge in [0.1, 0.15) is 5.69 Å². The summed E-state index contributed by atoms with van der Waals surface area (Å²) in [6, 6.07) is 10.5. The summed E-state index contributed by atoms with van der Waals surface area (Å²) in [5.41, 5.74) is 1.76. The zero-order chi connectivity index (χ0) is 17.5. The van der Waals surface area contributed by atoms with E-state index in [4.69, 9.17) is 4.74 Å². The summed E-state index contributed by atoms with van der Waals surface area (Å²) in [6.45, 7) is 5.00. The Balaban J connectivity index is 1.51. The Hall–Kier alpha value is -2.12. The normalized spacial score (nSPS) is 14.6. The number of nitrogens with one attached hydrogen (secondary N) is 1. The van der Waals surface area contributed by atoms with Gasteiger partial charge in [-0.05, 0) is 18.6 Å². The predicted molar refractivity (Wildman–Crippen MR) is 102 cm³/mol. The van der Waals surface area contributed by atoms with Gasteiger partial charge in [-0.3, -0.25) is 4.79 Å². The zero-order valence-electron chi connectivity index (χ0n) is 14.5. The molecule has 0 aliphatic carbocycles. The van der Waals surface area contributed by atoms with Gasteiger partial charge in [0, 0.05) is 57.5 Å². The third kappa shape index (κ3) is 4.70. The maximum Gasteiger partial charge on any atom is 0.270 e. The Kier molecular flexibility index (Phi) is 6.25. The van der Waals surface area contributed by atoms with Gasteiger partial charge in [0.15, 0.2) is 5.13 Å². The van der Waals surface area contributed by atoms with Crippen LogP contribution in [0.1, 0.15) is 16.9 Å². The Morgan fingerprint density at radius 2 is 1.92 bits per heavy atom. The summed E-state index contributed by atoms with van der Waals surface area (Å²) in [6.07, 6.45) is 0.806. The van der Waals surface area contributed by atoms with Crippen molar-refractivity contribution in [2.24, 2.45) is 0 Å². The number of benzene rings is 1. The average molecular weight is 360 g/mol. The lowest BCUT2D eigenvalue weighted by Crippen LogP contribution is -2.46. The topological polar surface area (TPSA) is 57.7 Å². The number of amides is 1. The Bertz CT molecular complexity index is 669. The van der Waals surface area contributed by atoms with E-state index in [1.165, 1.54) is 17.0 Å². The summed E-state index contributed by atoms with van der Waals surface area (Å²) in [4.78, 5) is 21.3. The molecular formula is C18H24N4O2S. The lowest BCUT2D eigenvalue weighted by atomic mass is 10.2. The molecule has 0 atom stereocenters. The molecule has 1 aromatic heterocycles. The van der Waals surface area contributed by atoms with Crippen LogP contribution in [0.4, 0.5) is 10.8 Å². The number of hydrogen-bond donors (Lipinski definition) is 1. The lowest BCUT2D eigenvalue weighted by Gasteiger charge is -2.35. The van der Waals surface area contributed by atoms with Crippen molar-refractivity contribution in [3.05, 3.63) is 41.4 Å². The lowest BCUT2D eigenvalue weighted by molar-refractivity contribution is 0.0944. The van der Waals surface area contributed by atoms with Crippen LogP contribution in [0.3, 0.4) is 0 Å². The number of rotatable bonds is 7. The molecule has 0 saturated carbocycles. The quantitative estimate of drug-likeness (QED) is 0.768. The molecule has 134 valence electrons. The van der Waals surface area contributed by atoms with E-state index in [9.17, 15) is 4.79 Å². The van der Waals surface area contributed by atoms with Gasteiger partial charge in [-0.15, -0.1) is 11.3 Å². The number of carbonyl (C=O) groups excluding carboxylic acids is 1. The van der Waals surface area contributed by atoms with Crippen LogP contribution >= 0.6 is 11.3 Å². The summed E-state index contributed by atoms with van der Waals surface area (Å²) < 4.78 is 4.98. The smallest absolute Gasteiger partial charge is 0.270 e. The summed E-state index contributed by atoms with van der Waals surface area (Å²) in [5.74, 6) is -0.110. The maximum atomic E-state index is 12.1. The van der Waals surface area contributed by atoms with Crippen LogP contribution in [-0.4, -0.2) is 57.3 Å². The first kappa shape index (κ1) is 17.7. The Labute approximate surface area is 152 Å². The highest BCUT2D eigenvalue weighted by Gasteiger charge is 2.20. The van der Waals surface area contributed by atoms with Crippen molar-refractivity contribution in [1.82, 2.24) is 10.3 Å². The molecule has 0 bridgehead atoms. The highest BCUT2D eigenvalue weighted by molar-refractivity contribution is 7.13. The molecule has 1 N–H and O–H groups in total. The van der Waals surface area contributed by atoms with Gasteiger partial charge in [0.05, 0.1) is 0 Å². The van der Waals surface area contributed by atoms with Crippen molar-refractivity contribution < 1.29 is 9.53 Å². The number of carbonyl (C=O) groups is 1. The first-order valence-electron chi connectivity index (χ1n) is 8.55. The van der Waals surface area contributed by atoms with Gasteiger partial charge in [-0.2, -0.15) is 0 Å². The number of methoxy groups -OCH3 is 1. The molecule has 2 aromatic rings. The molecule has 1 amide bonds. The molecular weight excluding hydrogens is 336 g/mol. The number of nitrogens with zero attached hydrogens (tertiary/aromatic N) is 3. The van der Waals surface area contributed by atoms with E-state index in [0.717, 1.165) is 37.7 Å². The van der Waals surface area contributed by atoms with Crippen molar-refractivity contribution in [3.63, 3.8) is 0 Å². The molecule has 0 unspecified atom stereocenters. The minimum Gasteiger partial charge on any atom is -0.385 e. The van der Waals surface area contributed by atoms with E-state index < -0.39 is 0 Å². The Morgan fingerprint density at radius 1 is 1.20 bits per heavy atom. The van der Waals surface area contributed by atoms with E-state index in [1.54, 1.807) is 7.11 Å². The predicted octanol–water partition coefficient (Wildman–Crippen LogP) is 2.24. The molecule has 1 aromatic carbocycles. The molecule has 1 saturated heterocycles. The second-order valence-corrected chi connectivity index (χ2v) is 6.76. The fourth-order valence-electron chi connectivity index (χ4n) is 2.82. The summed E-state index contributed by atoms with van der Waals surface area (Å²) in [7, 11) is 1.66. The van der Waals surface area contributed by atoms with Gasteiger partial charge in [0.25, 0.3) is 5.91 Å². The molecule has 1 aliphatic rings. The maximum absolute atomic E-state index is 12.1. The first-order chi connectivity index (χ1) is 12.3. The van der Waals surface area contributed by atoms with E-state index in [-0.39, 0.29) is 5.91 Å². The van der Waals surface area contributed by atoms with Gasteiger partial charge in [-0.25, -0.2) is 4.98 Å². The van der Waals surface area contributed by atoms with Crippen LogP contribution < -0.4 is 15.1 Å². The third-order valence-electron chi connectivity index (χ3n) is 4.21. The van der Waals surface area contributed by atoms with Crippen LogP contribution in [0.2, 0.25) is 0 Å². The van der Waals surface area contributed by atoms with Crippen molar-refractivity contribution in [2.45, 2.75) is 6.42 Å². The first-order valence-corrected chi connectivity index (χ1v) is 9.43. The fourth-order valence-corrected chi connectivity index (χ4v) is 3.68. The van der Waals surface area contributed by atoms with Gasteiger partial charge >= 0.3 is 0 Å². The monoisotopic (exact) mass is 360 g/mol. The fraction of sp³-hybridized carbons (Fsp3) is 0.444. The minimum atomic E-state index is -0.110. The third-order valence-corrected chi connectivity index (χ3v) is 5.11. The van der Waals surface area contributed by atoms with Crippen LogP contribution in [0, 0.1) is 0 Å². The largest absolute Gasteiger partial charge is 0.385 e. The van der Waals surface area contributed by atoms with E-state index in [0.29, 0.717) is 18.8 Å². The van der Waals surface area contributed by atoms with Gasteiger partial charge in [-0.1, -0.05) is 18.2 Å². The van der Waals surface area contributed by atoms with Crippen LogP contribution in [0.25, 0.3) is 0 Å². The summed E-state index contributed by atoms with van der Waals surface area (Å²) >= 11 is 1.54. The van der Waals surface area contributed by atoms with Gasteiger partial charge in [0.2, 0.25) is 0 Å².